The Morgan fingerprint density at radius 2 is 1.90 bits per heavy atom. The standard InChI is InChI=1S/C21H15BrFN3O5/c1-24-20(30)25-5-4-10-14(26(25)21(24)31)7-11-18(16(28)8-12(22)19(11)29)17(10)9-2-3-15(27)13(23)6-9/h2-4,6,8,14,17,27H,5,7H2,1H3/t14-,17+/m1/s1. The van der Waals surface area contributed by atoms with Crippen molar-refractivity contribution in [3.05, 3.63) is 83.9 Å². The molecule has 5 rings (SSSR count). The van der Waals surface area contributed by atoms with Crippen molar-refractivity contribution in [3.63, 3.8) is 0 Å². The molecule has 0 unspecified atom stereocenters. The summed E-state index contributed by atoms with van der Waals surface area (Å²) in [6, 6.07) is 3.10. The van der Waals surface area contributed by atoms with Crippen molar-refractivity contribution >= 4 is 27.5 Å². The Bertz CT molecular complexity index is 1420. The molecule has 0 bridgehead atoms. The molecule has 10 heteroatoms. The van der Waals surface area contributed by atoms with Crippen molar-refractivity contribution in [2.24, 2.45) is 7.05 Å². The minimum atomic E-state index is -0.863. The van der Waals surface area contributed by atoms with Gasteiger partial charge in [0, 0.05) is 36.6 Å². The average molecular weight is 488 g/mol. The van der Waals surface area contributed by atoms with Crippen LogP contribution in [-0.2, 0) is 23.2 Å². The normalized spacial score (nSPS) is 22.5. The summed E-state index contributed by atoms with van der Waals surface area (Å²) in [6.07, 6.45) is 2.99. The van der Waals surface area contributed by atoms with Gasteiger partial charge in [-0.1, -0.05) is 12.1 Å². The molecule has 0 fully saturated rings. The van der Waals surface area contributed by atoms with E-state index in [0.29, 0.717) is 11.1 Å². The number of phenols is 1. The number of benzene rings is 1. The molecule has 2 aromatic rings. The first-order chi connectivity index (χ1) is 14.7. The number of hydrogen-bond donors (Lipinski definition) is 1. The summed E-state index contributed by atoms with van der Waals surface area (Å²) in [4.78, 5) is 51.1. The van der Waals surface area contributed by atoms with Crippen LogP contribution >= 0.6 is 15.9 Å². The molecule has 1 aliphatic heterocycles. The zero-order valence-electron chi connectivity index (χ0n) is 16.1. The maximum absolute atomic E-state index is 14.2. The second kappa shape index (κ2) is 6.61. The molecular weight excluding hydrogens is 473 g/mol. The Kier molecular flexibility index (Phi) is 4.20. The molecule has 8 nitrogen and oxygen atoms in total. The highest BCUT2D eigenvalue weighted by molar-refractivity contribution is 9.12. The molecule has 3 aliphatic rings. The summed E-state index contributed by atoms with van der Waals surface area (Å²) >= 11 is 3.12. The number of phenolic OH excluding ortho intramolecular Hbond substituents is 1. The zero-order valence-corrected chi connectivity index (χ0v) is 17.7. The van der Waals surface area contributed by atoms with E-state index in [4.69, 9.17) is 0 Å². The number of aromatic hydroxyl groups is 1. The first kappa shape index (κ1) is 19.7. The van der Waals surface area contributed by atoms with Crippen LogP contribution in [0.3, 0.4) is 0 Å². The minimum absolute atomic E-state index is 0.0507. The molecular formula is C21H15BrFN3O5. The molecule has 2 atom stereocenters. The SMILES string of the molecule is Cn1c(=O)n2n(c1=O)[C@@H]1CC3=C(C(=O)C=C(Br)C3=O)[C@@H](c3ccc(O)c(F)c3)C1=CC2. The number of ketones is 2. The molecule has 0 saturated heterocycles. The van der Waals surface area contributed by atoms with Crippen molar-refractivity contribution in [3.8, 4) is 5.75 Å². The molecule has 0 radical (unpaired) electrons. The van der Waals surface area contributed by atoms with Crippen molar-refractivity contribution < 1.29 is 19.1 Å². The quantitative estimate of drug-likeness (QED) is 0.485. The lowest BCUT2D eigenvalue weighted by molar-refractivity contribution is -0.115. The molecule has 2 aliphatic carbocycles. The summed E-state index contributed by atoms with van der Waals surface area (Å²) in [6.45, 7) is 0.0993. The van der Waals surface area contributed by atoms with Crippen LogP contribution in [0.25, 0.3) is 0 Å². The van der Waals surface area contributed by atoms with E-state index in [9.17, 15) is 28.7 Å². The lowest BCUT2D eigenvalue weighted by Crippen LogP contribution is -2.40. The summed E-state index contributed by atoms with van der Waals surface area (Å²) in [5, 5.41) is 9.61. The molecule has 1 aromatic carbocycles. The van der Waals surface area contributed by atoms with Crippen LogP contribution in [0.5, 0.6) is 5.75 Å². The van der Waals surface area contributed by atoms with E-state index < -0.39 is 34.9 Å². The Morgan fingerprint density at radius 3 is 2.61 bits per heavy atom. The number of rotatable bonds is 1. The fraction of sp³-hybridized carbons (Fsp3) is 0.238. The van der Waals surface area contributed by atoms with Gasteiger partial charge < -0.3 is 5.11 Å². The molecule has 158 valence electrons. The molecule has 31 heavy (non-hydrogen) atoms. The predicted molar refractivity (Wildman–Crippen MR) is 111 cm³/mol. The summed E-state index contributed by atoms with van der Waals surface area (Å²) < 4.78 is 17.9. The lowest BCUT2D eigenvalue weighted by atomic mass is 9.69. The Hall–Kier alpha value is -3.27. The van der Waals surface area contributed by atoms with Crippen LogP contribution in [0.1, 0.15) is 23.9 Å². The number of hydrogen-bond acceptors (Lipinski definition) is 5. The molecule has 0 spiro atoms. The third-order valence-electron chi connectivity index (χ3n) is 6.09. The van der Waals surface area contributed by atoms with Gasteiger partial charge in [0.2, 0.25) is 0 Å². The summed E-state index contributed by atoms with van der Waals surface area (Å²) in [7, 11) is 1.37. The van der Waals surface area contributed by atoms with E-state index in [0.717, 1.165) is 10.6 Å². The number of carbonyl (C=O) groups is 2. The fourth-order valence-electron chi connectivity index (χ4n) is 4.67. The second-order valence-electron chi connectivity index (χ2n) is 7.70. The van der Waals surface area contributed by atoms with Crippen molar-refractivity contribution in [1.82, 2.24) is 13.9 Å². The third-order valence-corrected chi connectivity index (χ3v) is 6.68. The van der Waals surface area contributed by atoms with Gasteiger partial charge in [-0.2, -0.15) is 0 Å². The van der Waals surface area contributed by atoms with Crippen molar-refractivity contribution in [2.75, 3.05) is 0 Å². The number of aromatic nitrogens is 3. The first-order valence-electron chi connectivity index (χ1n) is 9.46. The van der Waals surface area contributed by atoms with Crippen LogP contribution in [-0.4, -0.2) is 30.6 Å². The average Bonchev–Trinajstić information content (AvgIpc) is 2.97. The monoisotopic (exact) mass is 487 g/mol. The number of halogens is 2. The molecule has 1 aromatic heterocycles. The fourth-order valence-corrected chi connectivity index (χ4v) is 5.12. The van der Waals surface area contributed by atoms with Gasteiger partial charge in [0.05, 0.1) is 17.1 Å². The van der Waals surface area contributed by atoms with E-state index in [1.54, 1.807) is 6.08 Å². The molecule has 0 saturated carbocycles. The first-order valence-corrected chi connectivity index (χ1v) is 10.3. The summed E-state index contributed by atoms with van der Waals surface area (Å²) in [5.74, 6) is -2.97. The minimum Gasteiger partial charge on any atom is -0.505 e. The Labute approximate surface area is 182 Å². The van der Waals surface area contributed by atoms with Gasteiger partial charge in [-0.25, -0.2) is 27.9 Å². The Balaban J connectivity index is 1.80. The van der Waals surface area contributed by atoms with Gasteiger partial charge in [0.15, 0.2) is 23.1 Å². The molecule has 0 amide bonds. The smallest absolute Gasteiger partial charge is 0.347 e. The van der Waals surface area contributed by atoms with Crippen LogP contribution in [0.15, 0.2) is 61.1 Å². The lowest BCUT2D eigenvalue weighted by Gasteiger charge is -2.39. The maximum atomic E-state index is 14.2. The molecule has 1 N–H and O–H groups in total. The number of carbonyl (C=O) groups excluding carboxylic acids is 2. The number of Topliss-reactive ketones (excluding diaryl/α,β-unsaturated/α-hetero) is 1. The largest absolute Gasteiger partial charge is 0.505 e. The topological polar surface area (TPSA) is 103 Å². The van der Waals surface area contributed by atoms with Crippen LogP contribution < -0.4 is 11.4 Å². The second-order valence-corrected chi connectivity index (χ2v) is 8.55. The number of fused-ring (bicyclic) bond motifs is 3. The third kappa shape index (κ3) is 2.64. The summed E-state index contributed by atoms with van der Waals surface area (Å²) in [5.41, 5.74) is 0.413. The van der Waals surface area contributed by atoms with Crippen LogP contribution in [0.2, 0.25) is 0 Å². The van der Waals surface area contributed by atoms with Crippen LogP contribution in [0, 0.1) is 5.82 Å². The highest BCUT2D eigenvalue weighted by Gasteiger charge is 2.44. The van der Waals surface area contributed by atoms with Gasteiger partial charge in [-0.15, -0.1) is 0 Å². The van der Waals surface area contributed by atoms with E-state index in [1.807, 2.05) is 0 Å². The van der Waals surface area contributed by atoms with Crippen molar-refractivity contribution in [2.45, 2.75) is 24.9 Å². The maximum Gasteiger partial charge on any atom is 0.347 e. The van der Waals surface area contributed by atoms with E-state index in [2.05, 4.69) is 15.9 Å². The van der Waals surface area contributed by atoms with Gasteiger partial charge in [-0.3, -0.25) is 9.59 Å². The highest BCUT2D eigenvalue weighted by Crippen LogP contribution is 2.50. The van der Waals surface area contributed by atoms with E-state index in [-0.39, 0.29) is 40.2 Å². The van der Waals surface area contributed by atoms with Gasteiger partial charge in [-0.05, 0) is 39.2 Å². The Morgan fingerprint density at radius 1 is 1.16 bits per heavy atom. The van der Waals surface area contributed by atoms with Crippen molar-refractivity contribution in [1.29, 1.82) is 0 Å². The number of nitrogens with zero attached hydrogens (tertiary/aromatic N) is 3. The predicted octanol–water partition coefficient (Wildman–Crippen LogP) is 1.59. The zero-order chi connectivity index (χ0) is 22.2. The van der Waals surface area contributed by atoms with Crippen LogP contribution in [0.4, 0.5) is 4.39 Å². The van der Waals surface area contributed by atoms with Gasteiger partial charge in [0.25, 0.3) is 0 Å². The number of allylic oxidation sites excluding steroid dienone is 6. The highest BCUT2D eigenvalue weighted by atomic mass is 79.9. The van der Waals surface area contributed by atoms with E-state index in [1.165, 1.54) is 34.6 Å². The van der Waals surface area contributed by atoms with E-state index >= 15 is 0 Å². The molecule has 2 heterocycles. The van der Waals surface area contributed by atoms with Gasteiger partial charge >= 0.3 is 11.4 Å². The van der Waals surface area contributed by atoms with Gasteiger partial charge in [0.1, 0.15) is 0 Å².